The van der Waals surface area contributed by atoms with E-state index in [-0.39, 0.29) is 43.2 Å². The Morgan fingerprint density at radius 2 is 2.17 bits per heavy atom. The highest BCUT2D eigenvalue weighted by atomic mass is 35.5. The smallest absolute Gasteiger partial charge is 0.227 e. The van der Waals surface area contributed by atoms with Gasteiger partial charge in [-0.15, -0.1) is 24.8 Å². The topological polar surface area (TPSA) is 67.2 Å². The first-order valence-corrected chi connectivity index (χ1v) is 8.15. The van der Waals surface area contributed by atoms with Crippen molar-refractivity contribution in [1.82, 2.24) is 15.6 Å². The SMILES string of the molecule is Cc1oc(-c2ccsc2)nc1CC(=O)NC1CCNCC1.Cl.Cl. The van der Waals surface area contributed by atoms with E-state index in [2.05, 4.69) is 15.6 Å². The lowest BCUT2D eigenvalue weighted by molar-refractivity contribution is -0.121. The lowest BCUT2D eigenvalue weighted by Crippen LogP contribution is -2.43. The maximum absolute atomic E-state index is 12.1. The van der Waals surface area contributed by atoms with Crippen molar-refractivity contribution in [2.24, 2.45) is 0 Å². The van der Waals surface area contributed by atoms with Crippen LogP contribution in [0.15, 0.2) is 21.2 Å². The average molecular weight is 378 g/mol. The molecule has 2 aromatic rings. The number of oxazole rings is 1. The van der Waals surface area contributed by atoms with Gasteiger partial charge in [0, 0.05) is 17.0 Å². The van der Waals surface area contributed by atoms with Gasteiger partial charge in [-0.25, -0.2) is 4.98 Å². The molecule has 0 aromatic carbocycles. The van der Waals surface area contributed by atoms with Crippen LogP contribution in [0.1, 0.15) is 24.3 Å². The first-order valence-electron chi connectivity index (χ1n) is 7.21. The zero-order valence-electron chi connectivity index (χ0n) is 12.8. The Balaban J connectivity index is 0.00000132. The maximum atomic E-state index is 12.1. The molecule has 2 aromatic heterocycles. The van der Waals surface area contributed by atoms with Gasteiger partial charge in [0.1, 0.15) is 5.76 Å². The highest BCUT2D eigenvalue weighted by Crippen LogP contribution is 2.24. The fourth-order valence-electron chi connectivity index (χ4n) is 2.50. The summed E-state index contributed by atoms with van der Waals surface area (Å²) >= 11 is 1.60. The van der Waals surface area contributed by atoms with E-state index in [4.69, 9.17) is 4.42 Å². The standard InChI is InChI=1S/C15H19N3O2S.2ClH/c1-10-13(18-15(20-10)11-4-7-21-9-11)8-14(19)17-12-2-5-16-6-3-12;;/h4,7,9,12,16H,2-3,5-6,8H2,1H3,(H,17,19);2*1H. The molecular formula is C15H21Cl2N3O2S. The third kappa shape index (κ3) is 5.21. The summed E-state index contributed by atoms with van der Waals surface area (Å²) in [5.41, 5.74) is 1.69. The van der Waals surface area contributed by atoms with Crippen molar-refractivity contribution in [2.45, 2.75) is 32.2 Å². The van der Waals surface area contributed by atoms with Crippen molar-refractivity contribution in [3.05, 3.63) is 28.3 Å². The molecule has 1 amide bonds. The molecule has 0 atom stereocenters. The van der Waals surface area contributed by atoms with E-state index < -0.39 is 0 Å². The van der Waals surface area contributed by atoms with Gasteiger partial charge in [-0.3, -0.25) is 4.79 Å². The molecule has 5 nitrogen and oxygen atoms in total. The number of thiophene rings is 1. The number of carbonyl (C=O) groups excluding carboxylic acids is 1. The number of amides is 1. The molecule has 0 unspecified atom stereocenters. The molecule has 3 rings (SSSR count). The van der Waals surface area contributed by atoms with Crippen molar-refractivity contribution >= 4 is 42.1 Å². The number of hydrogen-bond acceptors (Lipinski definition) is 5. The summed E-state index contributed by atoms with van der Waals surface area (Å²) in [4.78, 5) is 16.6. The molecule has 3 heterocycles. The molecule has 1 aliphatic rings. The van der Waals surface area contributed by atoms with E-state index in [0.29, 0.717) is 5.89 Å². The van der Waals surface area contributed by atoms with Gasteiger partial charge in [-0.05, 0) is 44.3 Å². The molecule has 23 heavy (non-hydrogen) atoms. The van der Waals surface area contributed by atoms with E-state index in [9.17, 15) is 4.79 Å². The molecule has 1 aliphatic heterocycles. The molecule has 2 N–H and O–H groups in total. The second kappa shape index (κ2) is 9.27. The van der Waals surface area contributed by atoms with Crippen LogP contribution in [0.4, 0.5) is 0 Å². The van der Waals surface area contributed by atoms with E-state index in [1.165, 1.54) is 0 Å². The number of carbonyl (C=O) groups is 1. The Labute approximate surface area is 152 Å². The Bertz CT molecular complexity index is 610. The second-order valence-corrected chi connectivity index (χ2v) is 6.08. The molecule has 128 valence electrons. The van der Waals surface area contributed by atoms with Crippen molar-refractivity contribution < 1.29 is 9.21 Å². The number of aryl methyl sites for hydroxylation is 1. The number of aromatic nitrogens is 1. The van der Waals surface area contributed by atoms with Gasteiger partial charge in [0.2, 0.25) is 11.8 Å². The van der Waals surface area contributed by atoms with E-state index >= 15 is 0 Å². The summed E-state index contributed by atoms with van der Waals surface area (Å²) in [7, 11) is 0. The van der Waals surface area contributed by atoms with Crippen molar-refractivity contribution in [3.63, 3.8) is 0 Å². The number of nitrogens with one attached hydrogen (secondary N) is 2. The minimum absolute atomic E-state index is 0. The van der Waals surface area contributed by atoms with Crippen LogP contribution in [0.3, 0.4) is 0 Å². The average Bonchev–Trinajstić information content (AvgIpc) is 3.10. The first kappa shape index (κ1) is 20.0. The largest absolute Gasteiger partial charge is 0.441 e. The Hall–Kier alpha value is -1.08. The predicted octanol–water partition coefficient (Wildman–Crippen LogP) is 2.97. The van der Waals surface area contributed by atoms with E-state index in [1.807, 2.05) is 23.8 Å². The summed E-state index contributed by atoms with van der Waals surface area (Å²) < 4.78 is 5.66. The number of nitrogens with zero attached hydrogens (tertiary/aromatic N) is 1. The summed E-state index contributed by atoms with van der Waals surface area (Å²) in [5.74, 6) is 1.34. The van der Waals surface area contributed by atoms with Gasteiger partial charge >= 0.3 is 0 Å². The minimum Gasteiger partial charge on any atom is -0.441 e. The van der Waals surface area contributed by atoms with Gasteiger partial charge in [0.05, 0.1) is 12.1 Å². The van der Waals surface area contributed by atoms with Crippen molar-refractivity contribution in [2.75, 3.05) is 13.1 Å². The zero-order valence-corrected chi connectivity index (χ0v) is 15.3. The van der Waals surface area contributed by atoms with Crippen molar-refractivity contribution in [3.8, 4) is 11.5 Å². The Morgan fingerprint density at radius 1 is 1.43 bits per heavy atom. The molecule has 0 spiro atoms. The third-order valence-electron chi connectivity index (χ3n) is 3.69. The van der Waals surface area contributed by atoms with Gasteiger partial charge in [-0.2, -0.15) is 11.3 Å². The number of piperidine rings is 1. The quantitative estimate of drug-likeness (QED) is 0.859. The molecule has 0 saturated carbocycles. The zero-order chi connectivity index (χ0) is 14.7. The summed E-state index contributed by atoms with van der Waals surface area (Å²) in [6, 6.07) is 2.25. The number of halogens is 2. The number of hydrogen-bond donors (Lipinski definition) is 2. The highest BCUT2D eigenvalue weighted by molar-refractivity contribution is 7.08. The fourth-order valence-corrected chi connectivity index (χ4v) is 3.13. The molecular weight excluding hydrogens is 357 g/mol. The molecule has 0 bridgehead atoms. The molecule has 1 fully saturated rings. The number of rotatable bonds is 4. The molecule has 0 aliphatic carbocycles. The monoisotopic (exact) mass is 377 g/mol. The molecule has 0 radical (unpaired) electrons. The van der Waals surface area contributed by atoms with Crippen LogP contribution in [-0.2, 0) is 11.2 Å². The van der Waals surface area contributed by atoms with Crippen LogP contribution in [0.5, 0.6) is 0 Å². The third-order valence-corrected chi connectivity index (χ3v) is 4.38. The lowest BCUT2D eigenvalue weighted by atomic mass is 10.1. The van der Waals surface area contributed by atoms with Crippen LogP contribution in [-0.4, -0.2) is 30.0 Å². The lowest BCUT2D eigenvalue weighted by Gasteiger charge is -2.23. The molecule has 8 heteroatoms. The van der Waals surface area contributed by atoms with Gasteiger partial charge in [-0.1, -0.05) is 0 Å². The fraction of sp³-hybridized carbons (Fsp3) is 0.467. The Morgan fingerprint density at radius 3 is 2.83 bits per heavy atom. The highest BCUT2D eigenvalue weighted by Gasteiger charge is 2.18. The van der Waals surface area contributed by atoms with Gasteiger partial charge < -0.3 is 15.1 Å². The van der Waals surface area contributed by atoms with Crippen LogP contribution < -0.4 is 10.6 Å². The van der Waals surface area contributed by atoms with Crippen molar-refractivity contribution in [1.29, 1.82) is 0 Å². The maximum Gasteiger partial charge on any atom is 0.227 e. The van der Waals surface area contributed by atoms with Crippen LogP contribution >= 0.6 is 36.2 Å². The van der Waals surface area contributed by atoms with E-state index in [0.717, 1.165) is 42.9 Å². The summed E-state index contributed by atoms with van der Waals surface area (Å²) in [5, 5.41) is 10.3. The predicted molar refractivity (Wildman–Crippen MR) is 96.8 cm³/mol. The normalized spacial score (nSPS) is 14.7. The summed E-state index contributed by atoms with van der Waals surface area (Å²) in [6.45, 7) is 3.79. The second-order valence-electron chi connectivity index (χ2n) is 5.30. The minimum atomic E-state index is 0. The van der Waals surface area contributed by atoms with Gasteiger partial charge in [0.15, 0.2) is 0 Å². The molecule has 1 saturated heterocycles. The van der Waals surface area contributed by atoms with E-state index in [1.54, 1.807) is 11.3 Å². The summed E-state index contributed by atoms with van der Waals surface area (Å²) in [6.07, 6.45) is 2.26. The van der Waals surface area contributed by atoms with Crippen LogP contribution in [0.25, 0.3) is 11.5 Å². The van der Waals surface area contributed by atoms with Gasteiger partial charge in [0.25, 0.3) is 0 Å². The van der Waals surface area contributed by atoms with Crippen LogP contribution in [0, 0.1) is 6.92 Å². The van der Waals surface area contributed by atoms with Crippen LogP contribution in [0.2, 0.25) is 0 Å². The first-order chi connectivity index (χ1) is 10.2. The Kier molecular flexibility index (Phi) is 8.05.